The van der Waals surface area contributed by atoms with Crippen molar-refractivity contribution in [3.63, 3.8) is 0 Å². The van der Waals surface area contributed by atoms with Gasteiger partial charge in [-0.1, -0.05) is 29.3 Å². The number of amides is 1. The number of benzene rings is 1. The van der Waals surface area contributed by atoms with E-state index in [1.165, 1.54) is 0 Å². The van der Waals surface area contributed by atoms with Gasteiger partial charge in [-0.15, -0.1) is 0 Å². The Kier molecular flexibility index (Phi) is 4.86. The monoisotopic (exact) mass is 263 g/mol. The highest BCUT2D eigenvalue weighted by atomic mass is 35.5. The van der Waals surface area contributed by atoms with Crippen LogP contribution in [0.4, 0.5) is 4.79 Å². The zero-order valence-corrected chi connectivity index (χ0v) is 9.79. The molecule has 0 aliphatic heterocycles. The summed E-state index contributed by atoms with van der Waals surface area (Å²) in [6.45, 7) is -0.0334. The summed E-state index contributed by atoms with van der Waals surface area (Å²) < 4.78 is 0. The largest absolute Gasteiger partial charge is 0.465 e. The number of halogens is 2. The van der Waals surface area contributed by atoms with Crippen molar-refractivity contribution in [2.24, 2.45) is 0 Å². The molecule has 6 heteroatoms. The summed E-state index contributed by atoms with van der Waals surface area (Å²) in [6, 6.07) is 4.95. The molecule has 1 unspecified atom stereocenters. The van der Waals surface area contributed by atoms with E-state index < -0.39 is 12.2 Å². The van der Waals surface area contributed by atoms with Crippen molar-refractivity contribution < 1.29 is 15.0 Å². The smallest absolute Gasteiger partial charge is 0.404 e. The Labute approximate surface area is 103 Å². The molecular formula is C10H11Cl2NO3. The molecule has 0 saturated carbocycles. The van der Waals surface area contributed by atoms with Gasteiger partial charge in [0.15, 0.2) is 0 Å². The molecule has 0 heterocycles. The molecule has 1 amide bonds. The fraction of sp³-hybridized carbons (Fsp3) is 0.300. The van der Waals surface area contributed by atoms with Gasteiger partial charge in [0.1, 0.15) is 0 Å². The number of rotatable bonds is 4. The van der Waals surface area contributed by atoms with Crippen LogP contribution in [0.5, 0.6) is 0 Å². The van der Waals surface area contributed by atoms with E-state index in [0.29, 0.717) is 10.0 Å². The first kappa shape index (κ1) is 13.1. The van der Waals surface area contributed by atoms with Crippen molar-refractivity contribution >= 4 is 29.3 Å². The molecule has 3 N–H and O–H groups in total. The topological polar surface area (TPSA) is 69.6 Å². The zero-order chi connectivity index (χ0) is 12.1. The van der Waals surface area contributed by atoms with E-state index in [-0.39, 0.29) is 13.0 Å². The lowest BCUT2D eigenvalue weighted by molar-refractivity contribution is 0.157. The standard InChI is InChI=1S/C10H11Cl2NO3/c11-7-2-1-6(9(12)4-7)3-8(14)5-13-10(15)16/h1-2,4,8,13-14H,3,5H2,(H,15,16). The van der Waals surface area contributed by atoms with Crippen LogP contribution in [0.3, 0.4) is 0 Å². The Morgan fingerprint density at radius 1 is 1.44 bits per heavy atom. The van der Waals surface area contributed by atoms with Gasteiger partial charge in [0.25, 0.3) is 0 Å². The van der Waals surface area contributed by atoms with Crippen LogP contribution >= 0.6 is 23.2 Å². The number of carbonyl (C=O) groups is 1. The van der Waals surface area contributed by atoms with Gasteiger partial charge in [0.2, 0.25) is 0 Å². The molecule has 1 atom stereocenters. The van der Waals surface area contributed by atoms with Crippen LogP contribution in [0.25, 0.3) is 0 Å². The number of hydrogen-bond acceptors (Lipinski definition) is 2. The van der Waals surface area contributed by atoms with Crippen molar-refractivity contribution in [2.45, 2.75) is 12.5 Å². The second-order valence-electron chi connectivity index (χ2n) is 3.28. The average molecular weight is 264 g/mol. The van der Waals surface area contributed by atoms with Gasteiger partial charge in [-0.25, -0.2) is 4.79 Å². The molecule has 0 aliphatic rings. The Bertz CT molecular complexity index is 384. The minimum atomic E-state index is -1.17. The third kappa shape index (κ3) is 4.26. The summed E-state index contributed by atoms with van der Waals surface area (Å²) >= 11 is 11.6. The molecule has 0 radical (unpaired) electrons. The molecule has 4 nitrogen and oxygen atoms in total. The van der Waals surface area contributed by atoms with E-state index in [0.717, 1.165) is 5.56 Å². The van der Waals surface area contributed by atoms with Gasteiger partial charge in [-0.3, -0.25) is 0 Å². The summed E-state index contributed by atoms with van der Waals surface area (Å²) in [7, 11) is 0. The number of aliphatic hydroxyl groups is 1. The van der Waals surface area contributed by atoms with Gasteiger partial charge >= 0.3 is 6.09 Å². The van der Waals surface area contributed by atoms with Crippen molar-refractivity contribution in [3.8, 4) is 0 Å². The van der Waals surface area contributed by atoms with E-state index in [2.05, 4.69) is 5.32 Å². The van der Waals surface area contributed by atoms with Gasteiger partial charge in [0.05, 0.1) is 6.10 Å². The molecule has 1 aromatic carbocycles. The maximum Gasteiger partial charge on any atom is 0.404 e. The molecule has 88 valence electrons. The van der Waals surface area contributed by atoms with Crippen LogP contribution in [-0.4, -0.2) is 29.0 Å². The summed E-state index contributed by atoms with van der Waals surface area (Å²) in [6.07, 6.45) is -1.70. The maximum atomic E-state index is 10.2. The Morgan fingerprint density at radius 3 is 2.69 bits per heavy atom. The van der Waals surface area contributed by atoms with E-state index in [4.69, 9.17) is 28.3 Å². The predicted molar refractivity (Wildman–Crippen MR) is 62.2 cm³/mol. The molecule has 0 aromatic heterocycles. The third-order valence-electron chi connectivity index (χ3n) is 1.96. The minimum absolute atomic E-state index is 0.0334. The van der Waals surface area contributed by atoms with Crippen molar-refractivity contribution in [1.82, 2.24) is 5.32 Å². The zero-order valence-electron chi connectivity index (χ0n) is 8.28. The second-order valence-corrected chi connectivity index (χ2v) is 4.12. The quantitative estimate of drug-likeness (QED) is 0.780. The van der Waals surface area contributed by atoms with Crippen molar-refractivity contribution in [3.05, 3.63) is 33.8 Å². The molecule has 0 saturated heterocycles. The van der Waals surface area contributed by atoms with Crippen LogP contribution in [0.2, 0.25) is 10.0 Å². The lowest BCUT2D eigenvalue weighted by Crippen LogP contribution is -2.32. The first-order valence-corrected chi connectivity index (χ1v) is 5.33. The van der Waals surface area contributed by atoms with E-state index in [9.17, 15) is 9.90 Å². The van der Waals surface area contributed by atoms with Crippen LogP contribution in [0, 0.1) is 0 Å². The Balaban J connectivity index is 2.55. The molecule has 0 spiro atoms. The van der Waals surface area contributed by atoms with Gasteiger partial charge in [0, 0.05) is 23.0 Å². The molecule has 16 heavy (non-hydrogen) atoms. The molecule has 0 bridgehead atoms. The summed E-state index contributed by atoms with van der Waals surface area (Å²) in [5.41, 5.74) is 0.728. The third-order valence-corrected chi connectivity index (χ3v) is 2.55. The summed E-state index contributed by atoms with van der Waals surface area (Å²) in [5.74, 6) is 0. The van der Waals surface area contributed by atoms with Gasteiger partial charge in [-0.05, 0) is 17.7 Å². The maximum absolute atomic E-state index is 10.2. The predicted octanol–water partition coefficient (Wildman–Crippen LogP) is 2.16. The number of hydrogen-bond donors (Lipinski definition) is 3. The second kappa shape index (κ2) is 5.94. The highest BCUT2D eigenvalue weighted by Gasteiger charge is 2.09. The van der Waals surface area contributed by atoms with Crippen LogP contribution < -0.4 is 5.32 Å². The highest BCUT2D eigenvalue weighted by Crippen LogP contribution is 2.21. The molecule has 0 aliphatic carbocycles. The van der Waals surface area contributed by atoms with E-state index in [1.807, 2.05) is 0 Å². The lowest BCUT2D eigenvalue weighted by Gasteiger charge is -2.11. The molecule has 1 aromatic rings. The lowest BCUT2D eigenvalue weighted by atomic mass is 10.1. The first-order chi connectivity index (χ1) is 7.49. The Morgan fingerprint density at radius 2 is 2.12 bits per heavy atom. The summed E-state index contributed by atoms with van der Waals surface area (Å²) in [4.78, 5) is 10.2. The molecule has 1 rings (SSSR count). The SMILES string of the molecule is O=C(O)NCC(O)Cc1ccc(Cl)cc1Cl. The van der Waals surface area contributed by atoms with Crippen LogP contribution in [0.1, 0.15) is 5.56 Å². The van der Waals surface area contributed by atoms with E-state index >= 15 is 0 Å². The number of nitrogens with one attached hydrogen (secondary N) is 1. The summed E-state index contributed by atoms with van der Waals surface area (Å²) in [5, 5.41) is 21.0. The minimum Gasteiger partial charge on any atom is -0.465 e. The highest BCUT2D eigenvalue weighted by molar-refractivity contribution is 6.35. The number of aliphatic hydroxyl groups excluding tert-OH is 1. The fourth-order valence-electron chi connectivity index (χ4n) is 1.22. The first-order valence-electron chi connectivity index (χ1n) is 4.58. The van der Waals surface area contributed by atoms with E-state index in [1.54, 1.807) is 18.2 Å². The van der Waals surface area contributed by atoms with Crippen LogP contribution in [-0.2, 0) is 6.42 Å². The number of carboxylic acid groups (broad SMARTS) is 1. The van der Waals surface area contributed by atoms with Crippen LogP contribution in [0.15, 0.2) is 18.2 Å². The molecular weight excluding hydrogens is 253 g/mol. The Hall–Kier alpha value is -0.970. The average Bonchev–Trinajstić information content (AvgIpc) is 2.19. The van der Waals surface area contributed by atoms with Crippen molar-refractivity contribution in [1.29, 1.82) is 0 Å². The fourth-order valence-corrected chi connectivity index (χ4v) is 1.70. The van der Waals surface area contributed by atoms with Gasteiger partial charge < -0.3 is 15.5 Å². The van der Waals surface area contributed by atoms with Crippen molar-refractivity contribution in [2.75, 3.05) is 6.54 Å². The normalized spacial score (nSPS) is 12.2. The molecule has 0 fully saturated rings. The van der Waals surface area contributed by atoms with Gasteiger partial charge in [-0.2, -0.15) is 0 Å².